The van der Waals surface area contributed by atoms with Gasteiger partial charge in [0, 0.05) is 16.8 Å². The smallest absolute Gasteiger partial charge is 0.363 e. The topological polar surface area (TPSA) is 133 Å². The van der Waals surface area contributed by atoms with Crippen LogP contribution >= 0.6 is 11.6 Å². The number of aryl methyl sites for hydroxylation is 1. The molecule has 0 radical (unpaired) electrons. The maximum Gasteiger partial charge on any atom is 0.363 e. The lowest BCUT2D eigenvalue weighted by atomic mass is 10.3. The summed E-state index contributed by atoms with van der Waals surface area (Å²) >= 11 is 5.84. The van der Waals surface area contributed by atoms with Crippen molar-refractivity contribution in [2.24, 2.45) is 5.73 Å². The third-order valence-electron chi connectivity index (χ3n) is 3.27. The molecule has 0 aliphatic heterocycles. The molecule has 1 heterocycles. The number of ether oxygens (including phenoxy) is 1. The van der Waals surface area contributed by atoms with Crippen LogP contribution in [0.5, 0.6) is 0 Å². The van der Waals surface area contributed by atoms with Crippen LogP contribution in [0, 0.1) is 6.92 Å². The fraction of sp³-hybridized carbons (Fsp3) is 0.188. The van der Waals surface area contributed by atoms with Crippen LogP contribution in [-0.4, -0.2) is 33.8 Å². The van der Waals surface area contributed by atoms with Gasteiger partial charge in [0.25, 0.3) is 5.91 Å². The summed E-state index contributed by atoms with van der Waals surface area (Å²) in [4.78, 5) is 46.5. The van der Waals surface area contributed by atoms with Gasteiger partial charge < -0.3 is 10.5 Å². The Labute approximate surface area is 152 Å². The van der Waals surface area contributed by atoms with E-state index < -0.39 is 35.1 Å². The third kappa shape index (κ3) is 4.45. The van der Waals surface area contributed by atoms with Crippen LogP contribution in [0.15, 0.2) is 35.1 Å². The molecule has 0 bridgehead atoms. The van der Waals surface area contributed by atoms with Crippen molar-refractivity contribution < 1.29 is 19.1 Å². The summed E-state index contributed by atoms with van der Waals surface area (Å²) in [6, 6.07) is 6.70. The number of nitrogens with two attached hydrogens (primary N) is 1. The molecule has 10 heteroatoms. The van der Waals surface area contributed by atoms with Crippen molar-refractivity contribution in [3.8, 4) is 5.69 Å². The number of primary amides is 1. The lowest BCUT2D eigenvalue weighted by molar-refractivity contribution is -0.127. The van der Waals surface area contributed by atoms with Crippen LogP contribution in [0.2, 0.25) is 5.02 Å². The Balaban J connectivity index is 2.31. The summed E-state index contributed by atoms with van der Waals surface area (Å²) in [5.41, 5.74) is 4.70. The van der Waals surface area contributed by atoms with Gasteiger partial charge in [-0.15, -0.1) is 0 Å². The van der Waals surface area contributed by atoms with E-state index in [-0.39, 0.29) is 0 Å². The van der Waals surface area contributed by atoms with E-state index in [1.54, 1.807) is 36.5 Å². The predicted molar refractivity (Wildman–Crippen MR) is 92.2 cm³/mol. The molecule has 3 amide bonds. The zero-order chi connectivity index (χ0) is 19.4. The highest BCUT2D eigenvalue weighted by molar-refractivity contribution is 6.30. The van der Waals surface area contributed by atoms with Gasteiger partial charge in [-0.05, 0) is 38.1 Å². The number of halogens is 1. The largest absolute Gasteiger partial charge is 0.448 e. The predicted octanol–water partition coefficient (Wildman–Crippen LogP) is 0.935. The summed E-state index contributed by atoms with van der Waals surface area (Å²) < 4.78 is 6.24. The summed E-state index contributed by atoms with van der Waals surface area (Å²) in [6.45, 7) is 2.86. The molecular formula is C16H15ClN4O5. The first-order valence-corrected chi connectivity index (χ1v) is 7.75. The number of amides is 3. The quantitative estimate of drug-likeness (QED) is 0.760. The minimum Gasteiger partial charge on any atom is -0.448 e. The molecule has 9 nitrogen and oxygen atoms in total. The lowest BCUT2D eigenvalue weighted by Crippen LogP contribution is -2.42. The van der Waals surface area contributed by atoms with Crippen molar-refractivity contribution in [1.82, 2.24) is 15.1 Å². The number of benzene rings is 1. The average molecular weight is 379 g/mol. The van der Waals surface area contributed by atoms with E-state index in [0.29, 0.717) is 16.4 Å². The van der Waals surface area contributed by atoms with Crippen LogP contribution in [-0.2, 0) is 9.53 Å². The number of nitrogens with zero attached hydrogens (tertiary/aromatic N) is 2. The fourth-order valence-electron chi connectivity index (χ4n) is 2.03. The molecule has 0 aliphatic carbocycles. The SMILES string of the molecule is Cc1cc(=O)c(C(=O)O[C@H](C)C(=O)NC(N)=O)nn1-c1ccc(Cl)cc1. The highest BCUT2D eigenvalue weighted by Crippen LogP contribution is 2.14. The molecule has 1 atom stereocenters. The number of urea groups is 1. The van der Waals surface area contributed by atoms with Crippen LogP contribution in [0.25, 0.3) is 5.69 Å². The third-order valence-corrected chi connectivity index (χ3v) is 3.52. The molecule has 0 saturated carbocycles. The molecule has 0 unspecified atom stereocenters. The second-order valence-electron chi connectivity index (χ2n) is 5.29. The van der Waals surface area contributed by atoms with Gasteiger partial charge in [-0.1, -0.05) is 11.6 Å². The monoisotopic (exact) mass is 378 g/mol. The first-order chi connectivity index (χ1) is 12.2. The van der Waals surface area contributed by atoms with Gasteiger partial charge in [0.2, 0.25) is 11.1 Å². The number of hydrogen-bond donors (Lipinski definition) is 2. The van der Waals surface area contributed by atoms with Crippen LogP contribution in [0.1, 0.15) is 23.1 Å². The van der Waals surface area contributed by atoms with E-state index in [2.05, 4.69) is 5.10 Å². The highest BCUT2D eigenvalue weighted by atomic mass is 35.5. The van der Waals surface area contributed by atoms with Gasteiger partial charge in [0.1, 0.15) is 0 Å². The molecular weight excluding hydrogens is 364 g/mol. The molecule has 136 valence electrons. The molecule has 0 saturated heterocycles. The first-order valence-electron chi connectivity index (χ1n) is 7.37. The Kier molecular flexibility index (Phi) is 5.73. The number of rotatable bonds is 4. The van der Waals surface area contributed by atoms with E-state index in [0.717, 1.165) is 0 Å². The molecule has 1 aromatic carbocycles. The Morgan fingerprint density at radius 2 is 1.88 bits per heavy atom. The van der Waals surface area contributed by atoms with E-state index in [1.807, 2.05) is 0 Å². The van der Waals surface area contributed by atoms with Crippen LogP contribution < -0.4 is 16.5 Å². The minimum atomic E-state index is -1.35. The van der Waals surface area contributed by atoms with Crippen molar-refractivity contribution in [3.63, 3.8) is 0 Å². The van der Waals surface area contributed by atoms with Gasteiger partial charge in [-0.3, -0.25) is 14.9 Å². The van der Waals surface area contributed by atoms with Gasteiger partial charge in [0.15, 0.2) is 6.10 Å². The lowest BCUT2D eigenvalue weighted by Gasteiger charge is -2.13. The second kappa shape index (κ2) is 7.79. The fourth-order valence-corrected chi connectivity index (χ4v) is 2.15. The maximum atomic E-state index is 12.2. The van der Waals surface area contributed by atoms with Gasteiger partial charge in [-0.25, -0.2) is 14.3 Å². The van der Waals surface area contributed by atoms with Crippen molar-refractivity contribution in [1.29, 1.82) is 0 Å². The zero-order valence-corrected chi connectivity index (χ0v) is 14.6. The Morgan fingerprint density at radius 3 is 2.46 bits per heavy atom. The van der Waals surface area contributed by atoms with Gasteiger partial charge in [-0.2, -0.15) is 5.10 Å². The minimum absolute atomic E-state index is 0.480. The molecule has 2 aromatic rings. The molecule has 1 aromatic heterocycles. The van der Waals surface area contributed by atoms with Gasteiger partial charge >= 0.3 is 12.0 Å². The highest BCUT2D eigenvalue weighted by Gasteiger charge is 2.23. The Hall–Kier alpha value is -3.20. The summed E-state index contributed by atoms with van der Waals surface area (Å²) in [6.07, 6.45) is -1.35. The number of hydrogen-bond acceptors (Lipinski definition) is 6. The van der Waals surface area contributed by atoms with E-state index >= 15 is 0 Å². The Morgan fingerprint density at radius 1 is 1.27 bits per heavy atom. The van der Waals surface area contributed by atoms with Crippen molar-refractivity contribution in [2.45, 2.75) is 20.0 Å². The zero-order valence-electron chi connectivity index (χ0n) is 13.9. The number of carbonyl (C=O) groups is 3. The van der Waals surface area contributed by atoms with Crippen molar-refractivity contribution in [3.05, 3.63) is 57.0 Å². The van der Waals surface area contributed by atoms with E-state index in [1.165, 1.54) is 17.7 Å². The average Bonchev–Trinajstić information content (AvgIpc) is 2.55. The van der Waals surface area contributed by atoms with Crippen LogP contribution in [0.4, 0.5) is 4.79 Å². The Bertz CT molecular complexity index is 923. The van der Waals surface area contributed by atoms with E-state index in [9.17, 15) is 19.2 Å². The molecule has 0 aliphatic rings. The number of nitrogens with one attached hydrogen (secondary N) is 1. The second-order valence-corrected chi connectivity index (χ2v) is 5.72. The molecule has 0 fully saturated rings. The van der Waals surface area contributed by atoms with Crippen molar-refractivity contribution >= 4 is 29.5 Å². The molecule has 0 spiro atoms. The van der Waals surface area contributed by atoms with E-state index in [4.69, 9.17) is 22.1 Å². The number of aromatic nitrogens is 2. The maximum absolute atomic E-state index is 12.2. The standard InChI is InChI=1S/C16H15ClN4O5/c1-8-7-12(22)13(15(24)26-9(2)14(23)19-16(18)25)20-21(8)11-5-3-10(17)4-6-11/h3-7,9H,1-2H3,(H3,18,19,23,25)/t9-/m1/s1. The number of imide groups is 1. The molecule has 26 heavy (non-hydrogen) atoms. The first kappa shape index (κ1) is 19.1. The van der Waals surface area contributed by atoms with Gasteiger partial charge in [0.05, 0.1) is 5.69 Å². The summed E-state index contributed by atoms with van der Waals surface area (Å²) in [5.74, 6) is -2.03. The van der Waals surface area contributed by atoms with Crippen LogP contribution in [0.3, 0.4) is 0 Å². The molecule has 2 rings (SSSR count). The summed E-state index contributed by atoms with van der Waals surface area (Å²) in [7, 11) is 0. The summed E-state index contributed by atoms with van der Waals surface area (Å²) in [5, 5.41) is 6.30. The number of carbonyl (C=O) groups excluding carboxylic acids is 3. The molecule has 3 N–H and O–H groups in total. The number of esters is 1. The normalized spacial score (nSPS) is 11.5. The van der Waals surface area contributed by atoms with Crippen molar-refractivity contribution in [2.75, 3.05) is 0 Å².